The van der Waals surface area contributed by atoms with Crippen LogP contribution in [0.2, 0.25) is 0 Å². The number of fused-ring (bicyclic) bond motifs is 1. The second kappa shape index (κ2) is 11.4. The smallest absolute Gasteiger partial charge is 0.248 e. The van der Waals surface area contributed by atoms with Gasteiger partial charge in [0.2, 0.25) is 25.5 Å². The molecule has 1 aromatic heterocycles. The van der Waals surface area contributed by atoms with Crippen LogP contribution in [-0.4, -0.2) is 81.8 Å². The topological polar surface area (TPSA) is 181 Å². The molecule has 0 amide bonds. The zero-order valence-corrected chi connectivity index (χ0v) is 24.2. The number of ether oxygens (including phenoxy) is 2. The molecule has 0 radical (unpaired) electrons. The van der Waals surface area contributed by atoms with E-state index in [1.165, 1.54) is 28.7 Å². The second-order valence-electron chi connectivity index (χ2n) is 10.7. The standard InChI is InChI=1S/C27H34N4O8S2/c1-18-4-2-7-23-25(18)30-15-24(26(23)33)41(36,37)31-10-8-27(9-11-31)13-19(16-39-27)29-14-20(32)17-38-21-5-3-6-22(12-21)40(28,34)35/h2-7,12,15,19-20,29,32H,8-11,13-14,16-17H2,1H3,(H,30,33)(H2,28,34,35). The molecular weight excluding hydrogens is 572 g/mol. The third-order valence-electron chi connectivity index (χ3n) is 7.77. The van der Waals surface area contributed by atoms with Gasteiger partial charge in [0, 0.05) is 43.3 Å². The van der Waals surface area contributed by atoms with Gasteiger partial charge in [0.15, 0.2) is 0 Å². The maximum Gasteiger partial charge on any atom is 0.248 e. The highest BCUT2D eigenvalue weighted by atomic mass is 32.2. The Morgan fingerprint density at radius 2 is 1.93 bits per heavy atom. The molecule has 2 aliphatic heterocycles. The first-order chi connectivity index (χ1) is 19.4. The average molecular weight is 607 g/mol. The van der Waals surface area contributed by atoms with Gasteiger partial charge in [-0.25, -0.2) is 22.0 Å². The lowest BCUT2D eigenvalue weighted by atomic mass is 9.88. The molecule has 2 unspecified atom stereocenters. The van der Waals surface area contributed by atoms with Crippen molar-refractivity contribution in [2.45, 2.75) is 53.7 Å². The molecular formula is C27H34N4O8S2. The third-order valence-corrected chi connectivity index (χ3v) is 10.6. The minimum Gasteiger partial charge on any atom is -0.491 e. The molecule has 2 aliphatic rings. The van der Waals surface area contributed by atoms with E-state index in [0.717, 1.165) is 5.56 Å². The Hall–Kier alpha value is -2.85. The van der Waals surface area contributed by atoms with Crippen molar-refractivity contribution in [2.24, 2.45) is 5.14 Å². The number of aliphatic hydroxyl groups is 1. The fourth-order valence-electron chi connectivity index (χ4n) is 5.47. The zero-order chi connectivity index (χ0) is 29.4. The van der Waals surface area contributed by atoms with E-state index in [1.807, 2.05) is 13.0 Å². The molecule has 41 heavy (non-hydrogen) atoms. The van der Waals surface area contributed by atoms with E-state index < -0.39 is 37.2 Å². The number of hydrogen-bond acceptors (Lipinski definition) is 9. The van der Waals surface area contributed by atoms with Crippen molar-refractivity contribution in [1.29, 1.82) is 0 Å². The first kappa shape index (κ1) is 29.6. The lowest BCUT2D eigenvalue weighted by Gasteiger charge is -2.37. The van der Waals surface area contributed by atoms with Crippen LogP contribution < -0.4 is 20.6 Å². The Labute approximate surface area is 238 Å². The van der Waals surface area contributed by atoms with Crippen molar-refractivity contribution >= 4 is 30.9 Å². The lowest BCUT2D eigenvalue weighted by Crippen LogP contribution is -2.47. The highest BCUT2D eigenvalue weighted by Crippen LogP contribution is 2.37. The van der Waals surface area contributed by atoms with Crippen LogP contribution >= 0.6 is 0 Å². The molecule has 0 aliphatic carbocycles. The molecule has 5 N–H and O–H groups in total. The molecule has 1 spiro atoms. The number of nitrogens with zero attached hydrogens (tertiary/aromatic N) is 1. The molecule has 0 bridgehead atoms. The number of hydrogen-bond donors (Lipinski definition) is 4. The first-order valence-corrected chi connectivity index (χ1v) is 16.3. The monoisotopic (exact) mass is 606 g/mol. The predicted molar refractivity (Wildman–Crippen MR) is 152 cm³/mol. The zero-order valence-electron chi connectivity index (χ0n) is 22.6. The number of sulfonamides is 2. The maximum absolute atomic E-state index is 13.4. The van der Waals surface area contributed by atoms with E-state index in [9.17, 15) is 26.7 Å². The largest absolute Gasteiger partial charge is 0.491 e. The average Bonchev–Trinajstić information content (AvgIpc) is 3.33. The van der Waals surface area contributed by atoms with Gasteiger partial charge in [-0.1, -0.05) is 18.2 Å². The van der Waals surface area contributed by atoms with Crippen LogP contribution in [0.5, 0.6) is 5.75 Å². The quantitative estimate of drug-likeness (QED) is 0.274. The van der Waals surface area contributed by atoms with Gasteiger partial charge in [-0.2, -0.15) is 4.31 Å². The number of benzene rings is 2. The molecule has 222 valence electrons. The fraction of sp³-hybridized carbons (Fsp3) is 0.444. The Balaban J connectivity index is 1.13. The van der Waals surface area contributed by atoms with Crippen LogP contribution in [0.15, 0.2) is 63.2 Å². The molecule has 3 aromatic rings. The summed E-state index contributed by atoms with van der Waals surface area (Å²) in [6.07, 6.45) is 2.05. The van der Waals surface area contributed by atoms with Crippen molar-refractivity contribution in [3.8, 4) is 5.75 Å². The normalized spacial score (nSPS) is 20.4. The Morgan fingerprint density at radius 3 is 2.66 bits per heavy atom. The predicted octanol–water partition coefficient (Wildman–Crippen LogP) is 0.826. The maximum atomic E-state index is 13.4. The van der Waals surface area contributed by atoms with Gasteiger partial charge in [-0.05, 0) is 49.9 Å². The molecule has 2 atom stereocenters. The second-order valence-corrected chi connectivity index (χ2v) is 14.1. The highest BCUT2D eigenvalue weighted by Gasteiger charge is 2.45. The fourth-order valence-corrected chi connectivity index (χ4v) is 7.51. The van der Waals surface area contributed by atoms with Crippen LogP contribution in [0.1, 0.15) is 24.8 Å². The summed E-state index contributed by atoms with van der Waals surface area (Å²) < 4.78 is 62.8. The summed E-state index contributed by atoms with van der Waals surface area (Å²) >= 11 is 0. The van der Waals surface area contributed by atoms with Gasteiger partial charge in [0.25, 0.3) is 0 Å². The first-order valence-electron chi connectivity index (χ1n) is 13.3. The molecule has 0 saturated carbocycles. The summed E-state index contributed by atoms with van der Waals surface area (Å²) in [5, 5.41) is 19.1. The molecule has 12 nitrogen and oxygen atoms in total. The van der Waals surface area contributed by atoms with Crippen LogP contribution in [0, 0.1) is 6.92 Å². The van der Waals surface area contributed by atoms with Gasteiger partial charge in [0.05, 0.1) is 22.6 Å². The molecule has 2 fully saturated rings. The summed E-state index contributed by atoms with van der Waals surface area (Å²) in [5.41, 5.74) is 0.496. The summed E-state index contributed by atoms with van der Waals surface area (Å²) in [6.45, 7) is 2.90. The number of pyridine rings is 1. The van der Waals surface area contributed by atoms with Crippen LogP contribution in [0.4, 0.5) is 0 Å². The summed E-state index contributed by atoms with van der Waals surface area (Å²) in [5.74, 6) is 0.279. The molecule has 5 rings (SSSR count). The number of H-pyrrole nitrogens is 1. The third kappa shape index (κ3) is 6.33. The van der Waals surface area contributed by atoms with Gasteiger partial charge in [-0.3, -0.25) is 4.79 Å². The highest BCUT2D eigenvalue weighted by molar-refractivity contribution is 7.89. The molecule has 2 aromatic carbocycles. The number of rotatable bonds is 9. The van der Waals surface area contributed by atoms with E-state index in [2.05, 4.69) is 10.3 Å². The van der Waals surface area contributed by atoms with Crippen molar-refractivity contribution in [2.75, 3.05) is 32.8 Å². The number of nitrogens with one attached hydrogen (secondary N) is 2. The van der Waals surface area contributed by atoms with Crippen LogP contribution in [-0.2, 0) is 24.8 Å². The van der Waals surface area contributed by atoms with Crippen LogP contribution in [0.3, 0.4) is 0 Å². The van der Waals surface area contributed by atoms with Gasteiger partial charge in [0.1, 0.15) is 23.4 Å². The van der Waals surface area contributed by atoms with Crippen molar-refractivity contribution in [1.82, 2.24) is 14.6 Å². The molecule has 2 saturated heterocycles. The number of aromatic amines is 1. The van der Waals surface area contributed by atoms with Gasteiger partial charge in [-0.15, -0.1) is 0 Å². The number of piperidine rings is 1. The SMILES string of the molecule is Cc1cccc2c(=O)c(S(=O)(=O)N3CCC4(CC3)CC(NCC(O)COc3cccc(S(N)(=O)=O)c3)CO4)c[nH]c12. The molecule has 3 heterocycles. The molecule has 14 heteroatoms. The summed E-state index contributed by atoms with van der Waals surface area (Å²) in [4.78, 5) is 15.7. The van der Waals surface area contributed by atoms with Crippen molar-refractivity contribution < 1.29 is 31.4 Å². The minimum absolute atomic E-state index is 0.0370. The van der Waals surface area contributed by atoms with E-state index >= 15 is 0 Å². The lowest BCUT2D eigenvalue weighted by molar-refractivity contribution is -0.0312. The van der Waals surface area contributed by atoms with Crippen molar-refractivity contribution in [3.63, 3.8) is 0 Å². The number of primary sulfonamides is 1. The van der Waals surface area contributed by atoms with Crippen LogP contribution in [0.25, 0.3) is 10.9 Å². The number of aliphatic hydroxyl groups excluding tert-OH is 1. The van der Waals surface area contributed by atoms with E-state index in [-0.39, 0.29) is 47.8 Å². The Morgan fingerprint density at radius 1 is 1.20 bits per heavy atom. The Kier molecular flexibility index (Phi) is 8.27. The number of aromatic nitrogens is 1. The minimum atomic E-state index is -3.99. The van der Waals surface area contributed by atoms with E-state index in [0.29, 0.717) is 36.8 Å². The van der Waals surface area contributed by atoms with Gasteiger partial charge >= 0.3 is 0 Å². The van der Waals surface area contributed by atoms with Gasteiger partial charge < -0.3 is 24.9 Å². The Bertz CT molecular complexity index is 1700. The van der Waals surface area contributed by atoms with E-state index in [1.54, 1.807) is 18.2 Å². The van der Waals surface area contributed by atoms with Crippen molar-refractivity contribution in [3.05, 3.63) is 64.4 Å². The summed E-state index contributed by atoms with van der Waals surface area (Å²) in [7, 11) is -7.84. The number of nitrogens with two attached hydrogens (primary N) is 1. The van der Waals surface area contributed by atoms with E-state index in [4.69, 9.17) is 14.6 Å². The number of aryl methyl sites for hydroxylation is 1. The number of para-hydroxylation sites is 1. The summed E-state index contributed by atoms with van der Waals surface area (Å²) in [6, 6.07) is 10.9.